The number of nitrogen functional groups attached to an aromatic ring is 1. The summed E-state index contributed by atoms with van der Waals surface area (Å²) >= 11 is 0. The maximum Gasteiger partial charge on any atom is 0.147 e. The lowest BCUT2D eigenvalue weighted by molar-refractivity contribution is 0.315. The van der Waals surface area contributed by atoms with Crippen LogP contribution in [-0.4, -0.2) is 40.0 Å². The lowest BCUT2D eigenvalue weighted by Gasteiger charge is -2.10. The first kappa shape index (κ1) is 15.3. The normalized spacial score (nSPS) is 11.1. The number of hydrogen-bond acceptors (Lipinski definition) is 5. The smallest absolute Gasteiger partial charge is 0.147 e. The molecule has 0 bridgehead atoms. The second-order valence-corrected chi connectivity index (χ2v) is 6.40. The third-order valence-corrected chi connectivity index (χ3v) is 3.39. The molecule has 0 atom stereocenters. The molecule has 7 heteroatoms. The fourth-order valence-electron chi connectivity index (χ4n) is 1.44. The summed E-state index contributed by atoms with van der Waals surface area (Å²) in [7, 11) is -1.47. The Morgan fingerprint density at radius 3 is 2.47 bits per heavy atom. The minimum Gasteiger partial charge on any atom is -0.497 e. The van der Waals surface area contributed by atoms with Gasteiger partial charge in [-0.25, -0.2) is 8.42 Å². The molecule has 0 heterocycles. The molecule has 1 aromatic carbocycles. The molecule has 106 valence electrons. The summed E-state index contributed by atoms with van der Waals surface area (Å²) in [6.45, 7) is 0.275. The highest BCUT2D eigenvalue weighted by Gasteiger charge is 2.06. The van der Waals surface area contributed by atoms with Crippen molar-refractivity contribution in [2.45, 2.75) is 6.42 Å². The Labute approximate surface area is 112 Å². The van der Waals surface area contributed by atoms with Gasteiger partial charge in [0.1, 0.15) is 27.2 Å². The SMILES string of the molecule is COc1cc(OCCCS(C)(=O)=O)cc(C(=N)N)c1. The predicted molar refractivity (Wildman–Crippen MR) is 73.8 cm³/mol. The summed E-state index contributed by atoms with van der Waals surface area (Å²) in [6, 6.07) is 4.91. The minimum atomic E-state index is -2.97. The molecule has 0 saturated carbocycles. The van der Waals surface area contributed by atoms with Crippen LogP contribution in [0.1, 0.15) is 12.0 Å². The van der Waals surface area contributed by atoms with Crippen molar-refractivity contribution in [3.8, 4) is 11.5 Å². The van der Waals surface area contributed by atoms with Crippen molar-refractivity contribution in [1.82, 2.24) is 0 Å². The zero-order valence-corrected chi connectivity index (χ0v) is 11.8. The van der Waals surface area contributed by atoms with E-state index in [9.17, 15) is 8.42 Å². The minimum absolute atomic E-state index is 0.0799. The van der Waals surface area contributed by atoms with Crippen molar-refractivity contribution in [3.05, 3.63) is 23.8 Å². The fourth-order valence-corrected chi connectivity index (χ4v) is 2.08. The van der Waals surface area contributed by atoms with Gasteiger partial charge in [0.25, 0.3) is 0 Å². The van der Waals surface area contributed by atoms with Crippen molar-refractivity contribution >= 4 is 15.7 Å². The van der Waals surface area contributed by atoms with Gasteiger partial charge in [0.2, 0.25) is 0 Å². The number of sulfone groups is 1. The number of ether oxygens (including phenoxy) is 2. The third kappa shape index (κ3) is 5.60. The van der Waals surface area contributed by atoms with Crippen LogP contribution in [0.2, 0.25) is 0 Å². The van der Waals surface area contributed by atoms with E-state index in [2.05, 4.69) is 0 Å². The average molecular weight is 286 g/mol. The highest BCUT2D eigenvalue weighted by Crippen LogP contribution is 2.22. The Hall–Kier alpha value is -1.76. The van der Waals surface area contributed by atoms with E-state index >= 15 is 0 Å². The molecule has 1 rings (SSSR count). The van der Waals surface area contributed by atoms with E-state index in [1.165, 1.54) is 13.4 Å². The van der Waals surface area contributed by atoms with Gasteiger partial charge in [-0.1, -0.05) is 0 Å². The molecule has 0 fully saturated rings. The van der Waals surface area contributed by atoms with Crippen LogP contribution in [0.4, 0.5) is 0 Å². The molecule has 0 saturated heterocycles. The van der Waals surface area contributed by atoms with Crippen LogP contribution in [0, 0.1) is 5.41 Å². The predicted octanol–water partition coefficient (Wildman–Crippen LogP) is 0.793. The first-order chi connectivity index (χ1) is 8.81. The molecular weight excluding hydrogens is 268 g/mol. The average Bonchev–Trinajstić information content (AvgIpc) is 2.33. The van der Waals surface area contributed by atoms with Gasteiger partial charge in [0.05, 0.1) is 19.5 Å². The maximum atomic E-state index is 11.0. The molecule has 0 spiro atoms. The number of rotatable bonds is 7. The van der Waals surface area contributed by atoms with Crippen molar-refractivity contribution in [2.24, 2.45) is 5.73 Å². The van der Waals surface area contributed by atoms with Gasteiger partial charge in [-0.15, -0.1) is 0 Å². The summed E-state index contributed by atoms with van der Waals surface area (Å²) in [5.41, 5.74) is 5.91. The number of hydrogen-bond donors (Lipinski definition) is 2. The number of methoxy groups -OCH3 is 1. The second-order valence-electron chi connectivity index (χ2n) is 4.14. The van der Waals surface area contributed by atoms with Gasteiger partial charge in [-0.2, -0.15) is 0 Å². The first-order valence-corrected chi connectivity index (χ1v) is 7.72. The van der Waals surface area contributed by atoms with Crippen molar-refractivity contribution in [1.29, 1.82) is 5.41 Å². The van der Waals surface area contributed by atoms with Gasteiger partial charge in [0, 0.05) is 17.9 Å². The fraction of sp³-hybridized carbons (Fsp3) is 0.417. The summed E-state index contributed by atoms with van der Waals surface area (Å²) in [4.78, 5) is 0. The number of nitrogens with two attached hydrogens (primary N) is 1. The van der Waals surface area contributed by atoms with Crippen LogP contribution in [-0.2, 0) is 9.84 Å². The Kier molecular flexibility index (Phi) is 5.17. The monoisotopic (exact) mass is 286 g/mol. The molecular formula is C12H18N2O4S. The molecule has 19 heavy (non-hydrogen) atoms. The lowest BCUT2D eigenvalue weighted by Crippen LogP contribution is -2.12. The van der Waals surface area contributed by atoms with E-state index in [1.54, 1.807) is 18.2 Å². The van der Waals surface area contributed by atoms with E-state index < -0.39 is 9.84 Å². The van der Waals surface area contributed by atoms with E-state index in [-0.39, 0.29) is 18.2 Å². The van der Waals surface area contributed by atoms with E-state index in [4.69, 9.17) is 20.6 Å². The van der Waals surface area contributed by atoms with E-state index in [0.717, 1.165) is 0 Å². The molecule has 1 aromatic rings. The number of amidine groups is 1. The van der Waals surface area contributed by atoms with Crippen molar-refractivity contribution in [2.75, 3.05) is 25.7 Å². The third-order valence-electron chi connectivity index (χ3n) is 2.35. The molecule has 0 radical (unpaired) electrons. The molecule has 3 N–H and O–H groups in total. The van der Waals surface area contributed by atoms with E-state index in [0.29, 0.717) is 23.5 Å². The Balaban J connectivity index is 2.67. The zero-order valence-electron chi connectivity index (χ0n) is 11.0. The van der Waals surface area contributed by atoms with Gasteiger partial charge in [-0.3, -0.25) is 5.41 Å². The molecule has 0 aliphatic rings. The zero-order chi connectivity index (χ0) is 14.5. The van der Waals surface area contributed by atoms with Crippen LogP contribution in [0.5, 0.6) is 11.5 Å². The molecule has 6 nitrogen and oxygen atoms in total. The summed E-state index contributed by atoms with van der Waals surface area (Å²) in [5.74, 6) is 1.03. The number of benzene rings is 1. The van der Waals surface area contributed by atoms with Gasteiger partial charge in [0.15, 0.2) is 0 Å². The maximum absolute atomic E-state index is 11.0. The van der Waals surface area contributed by atoms with Crippen molar-refractivity contribution < 1.29 is 17.9 Å². The molecule has 0 aromatic heterocycles. The first-order valence-electron chi connectivity index (χ1n) is 5.66. The second kappa shape index (κ2) is 6.42. The molecule has 0 amide bonds. The van der Waals surface area contributed by atoms with Crippen molar-refractivity contribution in [3.63, 3.8) is 0 Å². The molecule has 0 unspecified atom stereocenters. The van der Waals surface area contributed by atoms with Crippen LogP contribution >= 0.6 is 0 Å². The lowest BCUT2D eigenvalue weighted by atomic mass is 10.2. The topological polar surface area (TPSA) is 102 Å². The Morgan fingerprint density at radius 1 is 1.32 bits per heavy atom. The number of nitrogens with one attached hydrogen (secondary N) is 1. The Morgan fingerprint density at radius 2 is 1.95 bits per heavy atom. The van der Waals surface area contributed by atoms with Gasteiger partial charge in [-0.05, 0) is 18.6 Å². The highest BCUT2D eigenvalue weighted by molar-refractivity contribution is 7.90. The van der Waals surface area contributed by atoms with E-state index in [1.807, 2.05) is 0 Å². The highest BCUT2D eigenvalue weighted by atomic mass is 32.2. The summed E-state index contributed by atoms with van der Waals surface area (Å²) in [5, 5.41) is 7.39. The quantitative estimate of drug-likeness (QED) is 0.438. The standard InChI is InChI=1S/C12H18N2O4S/c1-17-10-6-9(12(13)14)7-11(8-10)18-4-3-5-19(2,15)16/h6-8H,3-5H2,1-2H3,(H3,13,14). The summed E-state index contributed by atoms with van der Waals surface area (Å²) in [6.07, 6.45) is 1.60. The largest absolute Gasteiger partial charge is 0.497 e. The van der Waals surface area contributed by atoms with Crippen LogP contribution < -0.4 is 15.2 Å². The Bertz CT molecular complexity index is 555. The summed E-state index contributed by atoms with van der Waals surface area (Å²) < 4.78 is 32.4. The molecule has 0 aliphatic carbocycles. The van der Waals surface area contributed by atoms with Gasteiger partial charge >= 0.3 is 0 Å². The molecule has 0 aliphatic heterocycles. The van der Waals surface area contributed by atoms with Gasteiger partial charge < -0.3 is 15.2 Å². The van der Waals surface area contributed by atoms with Crippen LogP contribution in [0.15, 0.2) is 18.2 Å². The van der Waals surface area contributed by atoms with Crippen LogP contribution in [0.3, 0.4) is 0 Å². The van der Waals surface area contributed by atoms with Crippen LogP contribution in [0.25, 0.3) is 0 Å².